The molecule has 16 heavy (non-hydrogen) atoms. The molecule has 0 spiro atoms. The van der Waals surface area contributed by atoms with Gasteiger partial charge in [-0.15, -0.1) is 0 Å². The van der Waals surface area contributed by atoms with Crippen LogP contribution < -0.4 is 10.5 Å². The molecule has 0 radical (unpaired) electrons. The molecule has 1 aromatic heterocycles. The minimum Gasteiger partial charge on any atom is -0.417 e. The first-order valence-corrected chi connectivity index (χ1v) is 5.57. The van der Waals surface area contributed by atoms with E-state index in [0.29, 0.717) is 18.0 Å². The Morgan fingerprint density at radius 2 is 2.31 bits per heavy atom. The summed E-state index contributed by atoms with van der Waals surface area (Å²) < 4.78 is 11.6. The average Bonchev–Trinajstić information content (AvgIpc) is 2.71. The lowest BCUT2D eigenvalue weighted by Crippen LogP contribution is -1.96. The van der Waals surface area contributed by atoms with Gasteiger partial charge in [0.2, 0.25) is 0 Å². The lowest BCUT2D eigenvalue weighted by Gasteiger charge is -2.04. The second-order valence-corrected chi connectivity index (χ2v) is 4.24. The number of ether oxygens (including phenoxy) is 1. The molecule has 0 amide bonds. The van der Waals surface area contributed by atoms with Crippen molar-refractivity contribution in [3.63, 3.8) is 0 Å². The quantitative estimate of drug-likeness (QED) is 0.940. The molecule has 5 heteroatoms. The summed E-state index contributed by atoms with van der Waals surface area (Å²) in [6, 6.07) is 5.76. The number of halogens is 1. The van der Waals surface area contributed by atoms with E-state index in [4.69, 9.17) is 14.9 Å². The molecule has 2 rings (SSSR count). The summed E-state index contributed by atoms with van der Waals surface area (Å²) in [7, 11) is 0. The SMILES string of the molecule is Cc1ccc(Br)cc1Oc1nc(CN)co1. The number of oxazole rings is 1. The molecule has 84 valence electrons. The minimum atomic E-state index is 0.210. The van der Waals surface area contributed by atoms with E-state index in [0.717, 1.165) is 10.0 Å². The molecule has 1 aromatic carbocycles. The van der Waals surface area contributed by atoms with Gasteiger partial charge < -0.3 is 14.9 Å². The highest BCUT2D eigenvalue weighted by atomic mass is 79.9. The number of hydrogen-bond donors (Lipinski definition) is 1. The van der Waals surface area contributed by atoms with Crippen LogP contribution in [0.4, 0.5) is 0 Å². The maximum atomic E-state index is 5.51. The molecular weight excluding hydrogens is 272 g/mol. The molecule has 4 nitrogen and oxygen atoms in total. The third-order valence-corrected chi connectivity index (χ3v) is 2.58. The fraction of sp³-hybridized carbons (Fsp3) is 0.182. The average molecular weight is 283 g/mol. The van der Waals surface area contributed by atoms with Crippen molar-refractivity contribution in [1.29, 1.82) is 0 Å². The van der Waals surface area contributed by atoms with Gasteiger partial charge in [0.15, 0.2) is 0 Å². The van der Waals surface area contributed by atoms with E-state index in [1.807, 2.05) is 25.1 Å². The van der Waals surface area contributed by atoms with E-state index in [2.05, 4.69) is 20.9 Å². The second-order valence-electron chi connectivity index (χ2n) is 3.32. The molecule has 2 aromatic rings. The summed E-state index contributed by atoms with van der Waals surface area (Å²) in [5.74, 6) is 0.708. The summed E-state index contributed by atoms with van der Waals surface area (Å²) in [5.41, 5.74) is 7.10. The summed E-state index contributed by atoms with van der Waals surface area (Å²) >= 11 is 3.38. The van der Waals surface area contributed by atoms with Crippen LogP contribution in [0.5, 0.6) is 11.8 Å². The van der Waals surface area contributed by atoms with E-state index in [9.17, 15) is 0 Å². The van der Waals surface area contributed by atoms with Crippen LogP contribution in [0.25, 0.3) is 0 Å². The largest absolute Gasteiger partial charge is 0.417 e. The zero-order valence-electron chi connectivity index (χ0n) is 8.74. The Bertz CT molecular complexity index is 496. The maximum Gasteiger partial charge on any atom is 0.399 e. The lowest BCUT2D eigenvalue weighted by atomic mass is 10.2. The van der Waals surface area contributed by atoms with Gasteiger partial charge in [0.25, 0.3) is 0 Å². The van der Waals surface area contributed by atoms with Crippen LogP contribution in [0.2, 0.25) is 0 Å². The molecule has 0 fully saturated rings. The van der Waals surface area contributed by atoms with Crippen molar-refractivity contribution in [2.24, 2.45) is 5.73 Å². The first-order chi connectivity index (χ1) is 7.69. The fourth-order valence-corrected chi connectivity index (χ4v) is 1.55. The standard InChI is InChI=1S/C11H11BrN2O2/c1-7-2-3-8(12)4-10(7)16-11-14-9(5-13)6-15-11/h2-4,6H,5,13H2,1H3. The highest BCUT2D eigenvalue weighted by molar-refractivity contribution is 9.10. The molecule has 0 atom stereocenters. The van der Waals surface area contributed by atoms with Crippen molar-refractivity contribution >= 4 is 15.9 Å². The lowest BCUT2D eigenvalue weighted by molar-refractivity contribution is 0.329. The molecular formula is C11H11BrN2O2. The van der Waals surface area contributed by atoms with Crippen LogP contribution in [0.1, 0.15) is 11.3 Å². The van der Waals surface area contributed by atoms with Gasteiger partial charge in [-0.25, -0.2) is 0 Å². The van der Waals surface area contributed by atoms with E-state index >= 15 is 0 Å². The molecule has 0 saturated carbocycles. The van der Waals surface area contributed by atoms with Crippen molar-refractivity contribution in [1.82, 2.24) is 4.98 Å². The summed E-state index contributed by atoms with van der Waals surface area (Å²) in [5, 5.41) is 0. The third-order valence-electron chi connectivity index (χ3n) is 2.09. The van der Waals surface area contributed by atoms with Crippen molar-refractivity contribution in [2.45, 2.75) is 13.5 Å². The molecule has 0 unspecified atom stereocenters. The van der Waals surface area contributed by atoms with Gasteiger partial charge in [0.05, 0.1) is 5.69 Å². The summed E-state index contributed by atoms with van der Waals surface area (Å²) in [6.45, 7) is 2.29. The van der Waals surface area contributed by atoms with Crippen LogP contribution in [-0.4, -0.2) is 4.98 Å². The van der Waals surface area contributed by atoms with Gasteiger partial charge >= 0.3 is 6.08 Å². The van der Waals surface area contributed by atoms with E-state index < -0.39 is 0 Å². The highest BCUT2D eigenvalue weighted by Crippen LogP contribution is 2.27. The normalized spacial score (nSPS) is 10.4. The minimum absolute atomic E-state index is 0.210. The van der Waals surface area contributed by atoms with Crippen molar-refractivity contribution in [3.8, 4) is 11.8 Å². The van der Waals surface area contributed by atoms with Crippen LogP contribution in [0.3, 0.4) is 0 Å². The Hall–Kier alpha value is -1.33. The number of benzene rings is 1. The molecule has 0 bridgehead atoms. The van der Waals surface area contributed by atoms with Gasteiger partial charge in [-0.05, 0) is 24.6 Å². The number of nitrogens with two attached hydrogens (primary N) is 1. The van der Waals surface area contributed by atoms with Crippen molar-refractivity contribution in [3.05, 3.63) is 40.2 Å². The Morgan fingerprint density at radius 1 is 1.50 bits per heavy atom. The molecule has 0 aliphatic rings. The van der Waals surface area contributed by atoms with Crippen LogP contribution in [-0.2, 0) is 6.54 Å². The van der Waals surface area contributed by atoms with Gasteiger partial charge in [0, 0.05) is 11.0 Å². The Morgan fingerprint density at radius 3 is 3.00 bits per heavy atom. The monoisotopic (exact) mass is 282 g/mol. The Kier molecular flexibility index (Phi) is 3.26. The van der Waals surface area contributed by atoms with Gasteiger partial charge in [0.1, 0.15) is 12.0 Å². The van der Waals surface area contributed by atoms with E-state index in [1.54, 1.807) is 0 Å². The van der Waals surface area contributed by atoms with Crippen LogP contribution in [0, 0.1) is 6.92 Å². The Balaban J connectivity index is 2.22. The summed E-state index contributed by atoms with van der Waals surface area (Å²) in [6.07, 6.45) is 1.70. The molecule has 0 aliphatic heterocycles. The zero-order chi connectivity index (χ0) is 11.5. The molecule has 2 N–H and O–H groups in total. The van der Waals surface area contributed by atoms with Gasteiger partial charge in [-0.2, -0.15) is 4.98 Å². The zero-order valence-corrected chi connectivity index (χ0v) is 10.3. The van der Waals surface area contributed by atoms with Crippen LogP contribution in [0.15, 0.2) is 33.4 Å². The number of hydrogen-bond acceptors (Lipinski definition) is 4. The van der Waals surface area contributed by atoms with Crippen LogP contribution >= 0.6 is 15.9 Å². The maximum absolute atomic E-state index is 5.51. The molecule has 0 aliphatic carbocycles. The van der Waals surface area contributed by atoms with Gasteiger partial charge in [-0.1, -0.05) is 22.0 Å². The number of aromatic nitrogens is 1. The number of rotatable bonds is 3. The third kappa shape index (κ3) is 2.43. The number of nitrogens with zero attached hydrogens (tertiary/aromatic N) is 1. The number of aryl methyl sites for hydroxylation is 1. The first-order valence-electron chi connectivity index (χ1n) is 4.77. The molecule has 0 saturated heterocycles. The topological polar surface area (TPSA) is 61.3 Å². The van der Waals surface area contributed by atoms with Crippen molar-refractivity contribution in [2.75, 3.05) is 0 Å². The van der Waals surface area contributed by atoms with Gasteiger partial charge in [-0.3, -0.25) is 0 Å². The smallest absolute Gasteiger partial charge is 0.399 e. The van der Waals surface area contributed by atoms with Crippen molar-refractivity contribution < 1.29 is 9.15 Å². The summed E-state index contributed by atoms with van der Waals surface area (Å²) in [4.78, 5) is 4.07. The fourth-order valence-electron chi connectivity index (χ4n) is 1.21. The highest BCUT2D eigenvalue weighted by Gasteiger charge is 2.07. The molecule has 1 heterocycles. The predicted molar refractivity (Wildman–Crippen MR) is 63.3 cm³/mol. The Labute approximate surface area is 102 Å². The van der Waals surface area contributed by atoms with E-state index in [-0.39, 0.29) is 6.08 Å². The predicted octanol–water partition coefficient (Wildman–Crippen LogP) is 3.00. The first kappa shape index (κ1) is 11.2. The second kappa shape index (κ2) is 4.67. The van der Waals surface area contributed by atoms with E-state index in [1.165, 1.54) is 6.26 Å².